The third kappa shape index (κ3) is 5.17. The van der Waals surface area contributed by atoms with Gasteiger partial charge in [0.1, 0.15) is 11.5 Å². The molecule has 3 aromatic rings. The van der Waals surface area contributed by atoms with Gasteiger partial charge in [-0.1, -0.05) is 72.8 Å². The minimum Gasteiger partial charge on any atom is -0.508 e. The zero-order valence-electron chi connectivity index (χ0n) is 12.1. The summed E-state index contributed by atoms with van der Waals surface area (Å²) >= 11 is 0. The second kappa shape index (κ2) is 8.32. The Labute approximate surface area is 130 Å². The van der Waals surface area contributed by atoms with Crippen molar-refractivity contribution in [2.75, 3.05) is 0 Å². The number of hydrogen-bond acceptors (Lipinski definition) is 2. The van der Waals surface area contributed by atoms with Crippen molar-refractivity contribution < 1.29 is 10.2 Å². The van der Waals surface area contributed by atoms with Gasteiger partial charge in [0.15, 0.2) is 0 Å². The average Bonchev–Trinajstić information content (AvgIpc) is 2.52. The van der Waals surface area contributed by atoms with Crippen LogP contribution in [0.2, 0.25) is 0 Å². The smallest absolute Gasteiger partial charge is 0.115 e. The fourth-order valence-electron chi connectivity index (χ4n) is 1.75. The van der Waals surface area contributed by atoms with E-state index in [2.05, 4.69) is 36.4 Å². The lowest BCUT2D eigenvalue weighted by atomic mass is 9.99. The van der Waals surface area contributed by atoms with Crippen molar-refractivity contribution in [3.63, 3.8) is 0 Å². The summed E-state index contributed by atoms with van der Waals surface area (Å²) in [6.45, 7) is 0. The molecule has 3 aromatic carbocycles. The maximum Gasteiger partial charge on any atom is 0.115 e. The molecule has 0 saturated carbocycles. The van der Waals surface area contributed by atoms with Gasteiger partial charge in [0.2, 0.25) is 0 Å². The van der Waals surface area contributed by atoms with Crippen molar-refractivity contribution in [3.05, 3.63) is 96.1 Å². The Morgan fingerprint density at radius 1 is 0.409 bits per heavy atom. The van der Waals surface area contributed by atoms with Crippen molar-refractivity contribution in [1.29, 1.82) is 0 Å². The molecule has 4 rings (SSSR count). The number of fused-ring (bicyclic) bond motifs is 1. The van der Waals surface area contributed by atoms with Gasteiger partial charge in [-0.15, -0.1) is 0 Å². The van der Waals surface area contributed by atoms with Crippen LogP contribution >= 0.6 is 0 Å². The molecule has 1 aliphatic rings. The number of aromatic hydroxyl groups is 2. The number of rotatable bonds is 0. The lowest BCUT2D eigenvalue weighted by molar-refractivity contribution is 0.475. The Balaban J connectivity index is 0.000000121. The Hall–Kier alpha value is -3.00. The van der Waals surface area contributed by atoms with Crippen LogP contribution in [0.25, 0.3) is 12.2 Å². The number of para-hydroxylation sites is 2. The first-order valence-corrected chi connectivity index (χ1v) is 7.01. The number of phenolic OH excluding ortho intramolecular Hbond substituents is 2. The predicted molar refractivity (Wildman–Crippen MR) is 91.6 cm³/mol. The summed E-state index contributed by atoms with van der Waals surface area (Å²) in [5, 5.41) is 17.3. The van der Waals surface area contributed by atoms with Gasteiger partial charge in [-0.05, 0) is 35.4 Å². The molecule has 22 heavy (non-hydrogen) atoms. The van der Waals surface area contributed by atoms with Gasteiger partial charge in [-0.2, -0.15) is 0 Å². The van der Waals surface area contributed by atoms with Gasteiger partial charge in [0.05, 0.1) is 0 Å². The maximum absolute atomic E-state index is 8.63. The van der Waals surface area contributed by atoms with E-state index in [9.17, 15) is 0 Å². The summed E-state index contributed by atoms with van der Waals surface area (Å²) in [5.41, 5.74) is 2.74. The molecule has 0 radical (unpaired) electrons. The molecule has 110 valence electrons. The summed E-state index contributed by atoms with van der Waals surface area (Å²) in [6.07, 6.45) is 4.24. The highest BCUT2D eigenvalue weighted by atomic mass is 16.3. The molecule has 2 N–H and O–H groups in total. The molecule has 0 atom stereocenters. The Kier molecular flexibility index (Phi) is 5.82. The highest BCUT2D eigenvalue weighted by Gasteiger charge is 1.99. The number of hydrogen-bond donors (Lipinski definition) is 2. The van der Waals surface area contributed by atoms with Crippen LogP contribution in [-0.2, 0) is 0 Å². The first-order chi connectivity index (χ1) is 10.8. The van der Waals surface area contributed by atoms with E-state index in [0.717, 1.165) is 0 Å². The zero-order chi connectivity index (χ0) is 15.6. The van der Waals surface area contributed by atoms with Gasteiger partial charge in [0, 0.05) is 0 Å². The first-order valence-electron chi connectivity index (χ1n) is 7.01. The van der Waals surface area contributed by atoms with Crippen molar-refractivity contribution >= 4 is 12.2 Å². The van der Waals surface area contributed by atoms with Crippen molar-refractivity contribution in [2.24, 2.45) is 0 Å². The molecule has 0 aromatic heterocycles. The zero-order valence-corrected chi connectivity index (χ0v) is 12.1. The average molecular weight is 290 g/mol. The van der Waals surface area contributed by atoms with Crippen LogP contribution in [0.15, 0.2) is 84.9 Å². The highest BCUT2D eigenvalue weighted by Crippen LogP contribution is 2.21. The molecule has 1 aliphatic carbocycles. The summed E-state index contributed by atoms with van der Waals surface area (Å²) < 4.78 is 0. The minimum atomic E-state index is 0.322. The van der Waals surface area contributed by atoms with Crippen LogP contribution in [-0.4, -0.2) is 10.2 Å². The van der Waals surface area contributed by atoms with E-state index in [1.807, 2.05) is 12.1 Å². The molecule has 2 nitrogen and oxygen atoms in total. The third-order valence-electron chi connectivity index (χ3n) is 2.95. The number of benzene rings is 3. The maximum atomic E-state index is 8.63. The number of phenols is 2. The molecular formula is C20H18O2. The van der Waals surface area contributed by atoms with E-state index in [0.29, 0.717) is 11.5 Å². The van der Waals surface area contributed by atoms with E-state index in [1.54, 1.807) is 48.5 Å². The molecule has 0 fully saturated rings. The van der Waals surface area contributed by atoms with E-state index < -0.39 is 0 Å². The molecule has 0 amide bonds. The van der Waals surface area contributed by atoms with Gasteiger partial charge in [-0.3, -0.25) is 0 Å². The van der Waals surface area contributed by atoms with Crippen LogP contribution in [0.1, 0.15) is 11.1 Å². The van der Waals surface area contributed by atoms with Gasteiger partial charge < -0.3 is 10.2 Å². The van der Waals surface area contributed by atoms with E-state index in [-0.39, 0.29) is 0 Å². The summed E-state index contributed by atoms with van der Waals surface area (Å²) in [4.78, 5) is 0. The lowest BCUT2D eigenvalue weighted by Crippen LogP contribution is -1.85. The summed E-state index contributed by atoms with van der Waals surface area (Å²) in [6, 6.07) is 25.8. The molecule has 0 aliphatic heterocycles. The second-order valence-corrected chi connectivity index (χ2v) is 4.63. The van der Waals surface area contributed by atoms with Crippen molar-refractivity contribution in [1.82, 2.24) is 0 Å². The van der Waals surface area contributed by atoms with Crippen LogP contribution in [0.5, 0.6) is 11.5 Å². The Bertz CT molecular complexity index is 642. The van der Waals surface area contributed by atoms with Crippen LogP contribution in [0.4, 0.5) is 0 Å². The second-order valence-electron chi connectivity index (χ2n) is 4.63. The van der Waals surface area contributed by atoms with Crippen LogP contribution < -0.4 is 0 Å². The van der Waals surface area contributed by atoms with E-state index in [4.69, 9.17) is 10.2 Å². The first kappa shape index (κ1) is 15.4. The third-order valence-corrected chi connectivity index (χ3v) is 2.95. The Morgan fingerprint density at radius 2 is 0.727 bits per heavy atom. The standard InChI is InChI=1S/C8H6.2C6H6O/c1-2-4-8-6-5-7(8)3-1;2*7-6-4-2-1-3-5-6/h1-6H;2*1-5,7H. The summed E-state index contributed by atoms with van der Waals surface area (Å²) in [7, 11) is 0. The lowest BCUT2D eigenvalue weighted by Gasteiger charge is -2.06. The normalized spacial score (nSPS) is 10.0. The SMILES string of the molecule is C1=Cc2ccccc21.Oc1ccccc1.Oc1ccccc1. The fraction of sp³-hybridized carbons (Fsp3) is 0. The van der Waals surface area contributed by atoms with Crippen molar-refractivity contribution in [3.8, 4) is 11.5 Å². The van der Waals surface area contributed by atoms with Gasteiger partial charge >= 0.3 is 0 Å². The van der Waals surface area contributed by atoms with Crippen molar-refractivity contribution in [2.45, 2.75) is 0 Å². The van der Waals surface area contributed by atoms with Crippen LogP contribution in [0.3, 0.4) is 0 Å². The molecule has 0 spiro atoms. The van der Waals surface area contributed by atoms with Gasteiger partial charge in [0.25, 0.3) is 0 Å². The van der Waals surface area contributed by atoms with Crippen LogP contribution in [0, 0.1) is 0 Å². The topological polar surface area (TPSA) is 40.5 Å². The fourth-order valence-corrected chi connectivity index (χ4v) is 1.75. The molecule has 0 saturated heterocycles. The summed E-state index contributed by atoms with van der Waals surface area (Å²) in [5.74, 6) is 0.644. The monoisotopic (exact) mass is 290 g/mol. The molecule has 2 heteroatoms. The molecule has 0 unspecified atom stereocenters. The minimum absolute atomic E-state index is 0.322. The quantitative estimate of drug-likeness (QED) is 0.481. The largest absolute Gasteiger partial charge is 0.508 e. The van der Waals surface area contributed by atoms with Gasteiger partial charge in [-0.25, -0.2) is 0 Å². The van der Waals surface area contributed by atoms with E-state index in [1.165, 1.54) is 11.1 Å². The Morgan fingerprint density at radius 3 is 0.909 bits per heavy atom. The van der Waals surface area contributed by atoms with E-state index >= 15 is 0 Å². The highest BCUT2D eigenvalue weighted by molar-refractivity contribution is 5.85. The molecule has 0 heterocycles. The molecular weight excluding hydrogens is 272 g/mol. The molecule has 0 bridgehead atoms. The predicted octanol–water partition coefficient (Wildman–Crippen LogP) is 4.95.